The van der Waals surface area contributed by atoms with Crippen molar-refractivity contribution in [2.75, 3.05) is 0 Å². The van der Waals surface area contributed by atoms with Crippen LogP contribution in [-0.2, 0) is 11.2 Å². The molecule has 1 fully saturated rings. The molecule has 0 spiro atoms. The molecule has 1 aromatic heterocycles. The van der Waals surface area contributed by atoms with Gasteiger partial charge in [0.15, 0.2) is 0 Å². The fraction of sp³-hybridized carbons (Fsp3) is 0.526. The van der Waals surface area contributed by atoms with Gasteiger partial charge in [0.2, 0.25) is 5.91 Å². The van der Waals surface area contributed by atoms with E-state index < -0.39 is 6.04 Å². The molecule has 2 aromatic rings. The molecule has 0 bridgehead atoms. The first kappa shape index (κ1) is 18.8. The summed E-state index contributed by atoms with van der Waals surface area (Å²) in [7, 11) is 0. The van der Waals surface area contributed by atoms with E-state index in [4.69, 9.17) is 5.73 Å². The highest BCUT2D eigenvalue weighted by molar-refractivity contribution is 5.86. The lowest BCUT2D eigenvalue weighted by atomic mass is 9.80. The maximum Gasteiger partial charge on any atom is 0.237 e. The molecule has 1 aliphatic rings. The third-order valence-electron chi connectivity index (χ3n) is 4.98. The number of amides is 1. The van der Waals surface area contributed by atoms with E-state index in [1.54, 1.807) is 0 Å². The molecule has 1 aliphatic carbocycles. The van der Waals surface area contributed by atoms with E-state index in [-0.39, 0.29) is 24.4 Å². The zero-order chi connectivity index (χ0) is 16.4. The van der Waals surface area contributed by atoms with Crippen LogP contribution in [0.15, 0.2) is 30.5 Å². The van der Waals surface area contributed by atoms with Crippen LogP contribution >= 0.6 is 12.4 Å². The van der Waals surface area contributed by atoms with Crippen molar-refractivity contribution in [2.24, 2.45) is 17.6 Å². The summed E-state index contributed by atoms with van der Waals surface area (Å²) in [5.41, 5.74) is 8.35. The van der Waals surface area contributed by atoms with E-state index in [1.165, 1.54) is 6.42 Å². The molecule has 1 aromatic carbocycles. The number of H-pyrrole nitrogens is 1. The summed E-state index contributed by atoms with van der Waals surface area (Å²) in [6.07, 6.45) is 5.91. The van der Waals surface area contributed by atoms with Gasteiger partial charge in [0.05, 0.1) is 6.04 Å². The van der Waals surface area contributed by atoms with Gasteiger partial charge in [-0.1, -0.05) is 32.0 Å². The minimum atomic E-state index is -0.498. The maximum absolute atomic E-state index is 12.4. The summed E-state index contributed by atoms with van der Waals surface area (Å²) in [4.78, 5) is 15.7. The van der Waals surface area contributed by atoms with Gasteiger partial charge in [0, 0.05) is 23.1 Å². The number of hydrogen-bond acceptors (Lipinski definition) is 2. The van der Waals surface area contributed by atoms with Crippen molar-refractivity contribution >= 4 is 29.2 Å². The van der Waals surface area contributed by atoms with Gasteiger partial charge < -0.3 is 16.0 Å². The Hall–Kier alpha value is -1.52. The number of benzene rings is 1. The number of rotatable bonds is 4. The molecule has 24 heavy (non-hydrogen) atoms. The van der Waals surface area contributed by atoms with E-state index in [0.717, 1.165) is 29.3 Å². The normalized spacial score (nSPS) is 25.0. The lowest BCUT2D eigenvalue weighted by Gasteiger charge is -2.32. The Kier molecular flexibility index (Phi) is 6.30. The predicted octanol–water partition coefficient (Wildman–Crippen LogP) is 3.40. The van der Waals surface area contributed by atoms with E-state index in [1.807, 2.05) is 24.4 Å². The fourth-order valence-corrected chi connectivity index (χ4v) is 4.00. The summed E-state index contributed by atoms with van der Waals surface area (Å²) in [6.45, 7) is 4.53. The van der Waals surface area contributed by atoms with Gasteiger partial charge in [0.1, 0.15) is 0 Å². The topological polar surface area (TPSA) is 70.9 Å². The van der Waals surface area contributed by atoms with Crippen molar-refractivity contribution in [2.45, 2.75) is 51.6 Å². The Labute approximate surface area is 150 Å². The third kappa shape index (κ3) is 4.31. The van der Waals surface area contributed by atoms with E-state index in [0.29, 0.717) is 18.3 Å². The molecule has 0 radical (unpaired) electrons. The van der Waals surface area contributed by atoms with Gasteiger partial charge in [-0.25, -0.2) is 0 Å². The average Bonchev–Trinajstić information content (AvgIpc) is 2.89. The molecule has 0 aliphatic heterocycles. The van der Waals surface area contributed by atoms with E-state index >= 15 is 0 Å². The molecular weight excluding hydrogens is 322 g/mol. The van der Waals surface area contributed by atoms with Crippen LogP contribution in [0.1, 0.15) is 38.7 Å². The first-order valence-electron chi connectivity index (χ1n) is 8.64. The Morgan fingerprint density at radius 1 is 1.25 bits per heavy atom. The van der Waals surface area contributed by atoms with Crippen molar-refractivity contribution in [1.29, 1.82) is 0 Å². The van der Waals surface area contributed by atoms with Gasteiger partial charge in [-0.3, -0.25) is 4.79 Å². The first-order valence-corrected chi connectivity index (χ1v) is 8.64. The zero-order valence-corrected chi connectivity index (χ0v) is 15.2. The molecular formula is C19H28ClN3O. The second-order valence-electron chi connectivity index (χ2n) is 7.29. The van der Waals surface area contributed by atoms with Crippen LogP contribution in [0.4, 0.5) is 0 Å². The Balaban J connectivity index is 0.00000208. The largest absolute Gasteiger partial charge is 0.361 e. The van der Waals surface area contributed by atoms with E-state index in [2.05, 4.69) is 30.2 Å². The smallest absolute Gasteiger partial charge is 0.237 e. The molecule has 3 rings (SSSR count). The summed E-state index contributed by atoms with van der Waals surface area (Å²) in [5.74, 6) is 1.32. The molecule has 4 N–H and O–H groups in total. The average molecular weight is 350 g/mol. The van der Waals surface area contributed by atoms with Gasteiger partial charge >= 0.3 is 0 Å². The van der Waals surface area contributed by atoms with Gasteiger partial charge in [0.25, 0.3) is 0 Å². The van der Waals surface area contributed by atoms with Gasteiger partial charge in [-0.2, -0.15) is 0 Å². The molecule has 1 saturated carbocycles. The van der Waals surface area contributed by atoms with Crippen molar-refractivity contribution < 1.29 is 4.79 Å². The Morgan fingerprint density at radius 2 is 1.92 bits per heavy atom. The van der Waals surface area contributed by atoms with E-state index in [9.17, 15) is 4.79 Å². The number of nitrogens with two attached hydrogens (primary N) is 1. The number of nitrogens with one attached hydrogen (secondary N) is 2. The third-order valence-corrected chi connectivity index (χ3v) is 4.98. The van der Waals surface area contributed by atoms with Gasteiger partial charge in [-0.05, 0) is 49.1 Å². The highest BCUT2D eigenvalue weighted by Gasteiger charge is 2.26. The number of aromatic nitrogens is 1. The lowest BCUT2D eigenvalue weighted by Crippen LogP contribution is -2.48. The van der Waals surface area contributed by atoms with Gasteiger partial charge in [-0.15, -0.1) is 12.4 Å². The van der Waals surface area contributed by atoms with Crippen LogP contribution in [-0.4, -0.2) is 23.0 Å². The highest BCUT2D eigenvalue weighted by atomic mass is 35.5. The van der Waals surface area contributed by atoms with Crippen LogP contribution in [0.2, 0.25) is 0 Å². The molecule has 1 heterocycles. The number of fused-ring (bicyclic) bond motifs is 1. The van der Waals surface area contributed by atoms with Crippen molar-refractivity contribution in [3.05, 3.63) is 36.0 Å². The minimum Gasteiger partial charge on any atom is -0.361 e. The molecule has 4 nitrogen and oxygen atoms in total. The quantitative estimate of drug-likeness (QED) is 0.791. The molecule has 1 amide bonds. The second-order valence-corrected chi connectivity index (χ2v) is 7.29. The van der Waals surface area contributed by atoms with Crippen LogP contribution in [0.3, 0.4) is 0 Å². The molecule has 0 saturated heterocycles. The predicted molar refractivity (Wildman–Crippen MR) is 101 cm³/mol. The molecule has 5 heteroatoms. The van der Waals surface area contributed by atoms with Crippen LogP contribution in [0.25, 0.3) is 10.9 Å². The SMILES string of the molecule is CC1CC(C)CC(NC(=O)[C@@H](N)Cc2c[nH]c3ccccc23)C1.Cl. The number of hydrogen-bond donors (Lipinski definition) is 3. The summed E-state index contributed by atoms with van der Waals surface area (Å²) in [6, 6.07) is 7.89. The Bertz CT molecular complexity index is 674. The number of halogens is 1. The van der Waals surface area contributed by atoms with Crippen LogP contribution < -0.4 is 11.1 Å². The van der Waals surface area contributed by atoms with Crippen molar-refractivity contribution in [1.82, 2.24) is 10.3 Å². The monoisotopic (exact) mass is 349 g/mol. The number of carbonyl (C=O) groups is 1. The second kappa shape index (κ2) is 8.04. The fourth-order valence-electron chi connectivity index (χ4n) is 4.00. The summed E-state index contributed by atoms with van der Waals surface area (Å²) in [5, 5.41) is 4.31. The molecule has 3 atom stereocenters. The Morgan fingerprint density at radius 3 is 2.62 bits per heavy atom. The molecule has 2 unspecified atom stereocenters. The number of para-hydroxylation sites is 1. The maximum atomic E-state index is 12.4. The standard InChI is InChI=1S/C19H27N3O.ClH/c1-12-7-13(2)9-15(8-12)22-19(23)17(20)10-14-11-21-18-6-4-3-5-16(14)18;/h3-6,11-13,15,17,21H,7-10,20H2,1-2H3,(H,22,23);1H/t12?,13?,15?,17-;/m0./s1. The minimum absolute atomic E-state index is 0. The summed E-state index contributed by atoms with van der Waals surface area (Å²) < 4.78 is 0. The first-order chi connectivity index (χ1) is 11.0. The van der Waals surface area contributed by atoms with Crippen molar-refractivity contribution in [3.63, 3.8) is 0 Å². The van der Waals surface area contributed by atoms with Crippen molar-refractivity contribution in [3.8, 4) is 0 Å². The van der Waals surface area contributed by atoms with Crippen LogP contribution in [0, 0.1) is 11.8 Å². The number of carbonyl (C=O) groups excluding carboxylic acids is 1. The summed E-state index contributed by atoms with van der Waals surface area (Å²) >= 11 is 0. The zero-order valence-electron chi connectivity index (χ0n) is 14.4. The molecule has 132 valence electrons. The highest BCUT2D eigenvalue weighted by Crippen LogP contribution is 2.28. The number of aromatic amines is 1. The van der Waals surface area contributed by atoms with Crippen LogP contribution in [0.5, 0.6) is 0 Å². The lowest BCUT2D eigenvalue weighted by molar-refractivity contribution is -0.123.